The van der Waals surface area contributed by atoms with E-state index in [2.05, 4.69) is 18.0 Å². The Hall–Kier alpha value is -2.61. The Morgan fingerprint density at radius 1 is 1.26 bits per heavy atom. The monoisotopic (exact) mass is 480 g/mol. The second-order valence-corrected chi connectivity index (χ2v) is 10.2. The van der Waals surface area contributed by atoms with Crippen molar-refractivity contribution in [2.24, 2.45) is 5.92 Å². The number of pyridine rings is 1. The first-order valence-electron chi connectivity index (χ1n) is 12.6. The number of halogens is 1. The molecule has 1 aromatic carbocycles. The van der Waals surface area contributed by atoms with E-state index in [1.807, 2.05) is 12.1 Å². The second kappa shape index (κ2) is 10.2. The van der Waals surface area contributed by atoms with Crippen molar-refractivity contribution in [1.82, 2.24) is 10.0 Å². The molecule has 0 unspecified atom stereocenters. The standard InChI is InChI=1S/C28H33FN2O4/c1-28(15-19-4-6-22(29)7-5-19)16-21(3-2-12-35-18-20-9-13-34-14-10-20)25-23-8-11-31(33)27(32)26(23)30-17-24(25)28/h4-7,16-17,20,33H,2-3,8-15,18H2,1H3/t28-/m1/s1. The molecule has 5 rings (SSSR count). The first kappa shape index (κ1) is 24.1. The molecule has 7 heteroatoms. The van der Waals surface area contributed by atoms with Gasteiger partial charge in [-0.15, -0.1) is 0 Å². The summed E-state index contributed by atoms with van der Waals surface area (Å²) in [7, 11) is 0. The minimum absolute atomic E-state index is 0.245. The topological polar surface area (TPSA) is 71.9 Å². The zero-order valence-electron chi connectivity index (χ0n) is 20.3. The third-order valence-corrected chi connectivity index (χ3v) is 7.53. The molecule has 0 radical (unpaired) electrons. The minimum atomic E-state index is -0.444. The number of hydrogen-bond acceptors (Lipinski definition) is 5. The molecule has 1 fully saturated rings. The lowest BCUT2D eigenvalue weighted by Crippen LogP contribution is -2.36. The van der Waals surface area contributed by atoms with Gasteiger partial charge in [0.15, 0.2) is 0 Å². The molecule has 35 heavy (non-hydrogen) atoms. The first-order chi connectivity index (χ1) is 16.9. The highest BCUT2D eigenvalue weighted by Crippen LogP contribution is 2.46. The second-order valence-electron chi connectivity index (χ2n) is 10.2. The van der Waals surface area contributed by atoms with Crippen molar-refractivity contribution in [3.8, 4) is 0 Å². The molecule has 2 aromatic rings. The summed E-state index contributed by atoms with van der Waals surface area (Å²) in [6, 6.07) is 6.65. The predicted octanol–water partition coefficient (Wildman–Crippen LogP) is 4.73. The summed E-state index contributed by atoms with van der Waals surface area (Å²) in [5.41, 5.74) is 5.40. The van der Waals surface area contributed by atoms with Crippen molar-refractivity contribution in [3.05, 3.63) is 70.3 Å². The number of ether oxygens (including phenoxy) is 2. The van der Waals surface area contributed by atoms with E-state index >= 15 is 0 Å². The number of carbonyl (C=O) groups excluding carboxylic acids is 1. The van der Waals surface area contributed by atoms with Crippen molar-refractivity contribution in [3.63, 3.8) is 0 Å². The quantitative estimate of drug-likeness (QED) is 0.437. The highest BCUT2D eigenvalue weighted by atomic mass is 19.1. The maximum Gasteiger partial charge on any atom is 0.296 e. The number of fused-ring (bicyclic) bond motifs is 3. The highest BCUT2D eigenvalue weighted by molar-refractivity contribution is 5.96. The lowest BCUT2D eigenvalue weighted by Gasteiger charge is -2.28. The SMILES string of the molecule is C[C@@]1(Cc2ccc(F)cc2)C=C(CCCOCC2CCOCC2)c2c1cnc1c2CCN(O)C1=O. The van der Waals surface area contributed by atoms with Gasteiger partial charge < -0.3 is 9.47 Å². The van der Waals surface area contributed by atoms with Gasteiger partial charge in [-0.25, -0.2) is 9.45 Å². The molecule has 1 saturated heterocycles. The molecule has 1 amide bonds. The number of amides is 1. The summed E-state index contributed by atoms with van der Waals surface area (Å²) < 4.78 is 24.9. The van der Waals surface area contributed by atoms with Crippen molar-refractivity contribution >= 4 is 11.5 Å². The van der Waals surface area contributed by atoms with E-state index < -0.39 is 5.91 Å². The van der Waals surface area contributed by atoms with Gasteiger partial charge in [-0.2, -0.15) is 0 Å². The average molecular weight is 481 g/mol. The molecule has 3 heterocycles. The minimum Gasteiger partial charge on any atom is -0.381 e. The fraction of sp³-hybridized carbons (Fsp3) is 0.500. The number of rotatable bonds is 8. The Balaban J connectivity index is 1.36. The molecule has 6 nitrogen and oxygen atoms in total. The van der Waals surface area contributed by atoms with E-state index in [0.29, 0.717) is 31.1 Å². The van der Waals surface area contributed by atoms with Crippen LogP contribution in [0.3, 0.4) is 0 Å². The summed E-state index contributed by atoms with van der Waals surface area (Å²) in [5, 5.41) is 10.7. The molecular weight excluding hydrogens is 447 g/mol. The van der Waals surface area contributed by atoms with E-state index in [-0.39, 0.29) is 17.8 Å². The number of hydroxylamine groups is 2. The molecule has 1 N–H and O–H groups in total. The Morgan fingerprint density at radius 3 is 2.80 bits per heavy atom. The molecule has 2 aliphatic heterocycles. The largest absolute Gasteiger partial charge is 0.381 e. The van der Waals surface area contributed by atoms with E-state index in [0.717, 1.165) is 72.8 Å². The van der Waals surface area contributed by atoms with Gasteiger partial charge in [0.2, 0.25) is 0 Å². The summed E-state index contributed by atoms with van der Waals surface area (Å²) in [6.45, 7) is 5.57. The maximum absolute atomic E-state index is 13.5. The number of hydrogen-bond donors (Lipinski definition) is 1. The van der Waals surface area contributed by atoms with Crippen LogP contribution < -0.4 is 0 Å². The highest BCUT2D eigenvalue weighted by Gasteiger charge is 2.39. The van der Waals surface area contributed by atoms with Crippen LogP contribution in [0.1, 0.15) is 65.3 Å². The van der Waals surface area contributed by atoms with Crippen molar-refractivity contribution in [2.75, 3.05) is 33.0 Å². The molecular formula is C28H33FN2O4. The number of nitrogens with zero attached hydrogens (tertiary/aromatic N) is 2. The van der Waals surface area contributed by atoms with E-state index in [1.165, 1.54) is 17.7 Å². The molecule has 186 valence electrons. The third kappa shape index (κ3) is 5.03. The van der Waals surface area contributed by atoms with Crippen LogP contribution in [0, 0.1) is 11.7 Å². The molecule has 1 aliphatic carbocycles. The summed E-state index contributed by atoms with van der Waals surface area (Å²) in [5.74, 6) is -0.106. The van der Waals surface area contributed by atoms with Crippen molar-refractivity contribution in [2.45, 2.75) is 50.9 Å². The van der Waals surface area contributed by atoms with E-state index in [4.69, 9.17) is 9.47 Å². The Labute approximate surface area is 205 Å². The fourth-order valence-corrected chi connectivity index (χ4v) is 5.65. The van der Waals surface area contributed by atoms with E-state index in [1.54, 1.807) is 6.20 Å². The molecule has 0 saturated carbocycles. The van der Waals surface area contributed by atoms with Gasteiger partial charge in [0.25, 0.3) is 5.91 Å². The van der Waals surface area contributed by atoms with E-state index in [9.17, 15) is 14.4 Å². The van der Waals surface area contributed by atoms with Crippen molar-refractivity contribution in [1.29, 1.82) is 0 Å². The maximum atomic E-state index is 13.5. The molecule has 3 aliphatic rings. The third-order valence-electron chi connectivity index (χ3n) is 7.53. The average Bonchev–Trinajstić information content (AvgIpc) is 3.15. The van der Waals surface area contributed by atoms with Gasteiger partial charge in [0.1, 0.15) is 11.5 Å². The van der Waals surface area contributed by atoms with Crippen molar-refractivity contribution < 1.29 is 23.9 Å². The molecule has 0 bridgehead atoms. The summed E-state index contributed by atoms with van der Waals surface area (Å²) in [4.78, 5) is 17.1. The fourth-order valence-electron chi connectivity index (χ4n) is 5.65. The number of allylic oxidation sites excluding steroid dienone is 2. The Kier molecular flexibility index (Phi) is 7.00. The van der Waals surface area contributed by atoms with Crippen LogP contribution >= 0.6 is 0 Å². The number of carbonyl (C=O) groups is 1. The van der Waals surface area contributed by atoms with Crippen LogP contribution in [0.25, 0.3) is 5.57 Å². The van der Waals surface area contributed by atoms with Gasteiger partial charge in [-0.05, 0) is 84.4 Å². The Bertz CT molecular complexity index is 1110. The molecule has 1 aromatic heterocycles. The van der Waals surface area contributed by atoms with Crippen LogP contribution in [0.4, 0.5) is 4.39 Å². The Morgan fingerprint density at radius 2 is 2.03 bits per heavy atom. The zero-order valence-corrected chi connectivity index (χ0v) is 20.3. The van der Waals surface area contributed by atoms with Crippen LogP contribution in [-0.2, 0) is 27.7 Å². The smallest absolute Gasteiger partial charge is 0.296 e. The lowest BCUT2D eigenvalue weighted by atomic mass is 9.79. The summed E-state index contributed by atoms with van der Waals surface area (Å²) in [6.07, 6.45) is 9.23. The van der Waals surface area contributed by atoms with Gasteiger partial charge in [-0.1, -0.05) is 25.1 Å². The summed E-state index contributed by atoms with van der Waals surface area (Å²) >= 11 is 0. The van der Waals surface area contributed by atoms with Gasteiger partial charge in [0, 0.05) is 38.0 Å². The van der Waals surface area contributed by atoms with Gasteiger partial charge in [-0.3, -0.25) is 15.0 Å². The van der Waals surface area contributed by atoms with Crippen LogP contribution in [-0.4, -0.2) is 54.1 Å². The number of aromatic nitrogens is 1. The first-order valence-corrected chi connectivity index (χ1v) is 12.6. The normalized spacial score (nSPS) is 22.2. The number of benzene rings is 1. The van der Waals surface area contributed by atoms with Crippen LogP contribution in [0.2, 0.25) is 0 Å². The molecule has 1 atom stereocenters. The molecule has 0 spiro atoms. The van der Waals surface area contributed by atoms with Gasteiger partial charge in [0.05, 0.1) is 6.54 Å². The van der Waals surface area contributed by atoms with Crippen LogP contribution in [0.5, 0.6) is 0 Å². The zero-order chi connectivity index (χ0) is 24.4. The lowest BCUT2D eigenvalue weighted by molar-refractivity contribution is -0.0607. The predicted molar refractivity (Wildman–Crippen MR) is 130 cm³/mol. The van der Waals surface area contributed by atoms with Gasteiger partial charge >= 0.3 is 0 Å². The van der Waals surface area contributed by atoms with Crippen LogP contribution in [0.15, 0.2) is 36.5 Å².